The molecular formula is C12H7Cl3FNO. The highest BCUT2D eigenvalue weighted by molar-refractivity contribution is 6.42. The van der Waals surface area contributed by atoms with Crippen LogP contribution in [0.3, 0.4) is 0 Å². The number of benzene rings is 1. The number of hydrogen-bond donors (Lipinski definition) is 0. The van der Waals surface area contributed by atoms with Crippen LogP contribution in [0.1, 0.15) is 5.56 Å². The lowest BCUT2D eigenvalue weighted by Gasteiger charge is -2.09. The summed E-state index contributed by atoms with van der Waals surface area (Å²) in [4.78, 5) is 3.90. The maximum absolute atomic E-state index is 13.1. The number of aryl methyl sites for hydroxylation is 1. The first-order chi connectivity index (χ1) is 8.47. The number of pyridine rings is 1. The van der Waals surface area contributed by atoms with Gasteiger partial charge in [0.25, 0.3) is 0 Å². The fourth-order valence-electron chi connectivity index (χ4n) is 1.29. The SMILES string of the molecule is Cc1ccc(F)cc1Oc1nc(Cl)c(Cl)cc1Cl. The molecule has 0 unspecified atom stereocenters. The van der Waals surface area contributed by atoms with E-state index in [4.69, 9.17) is 39.5 Å². The molecule has 0 aliphatic heterocycles. The molecule has 2 nitrogen and oxygen atoms in total. The highest BCUT2D eigenvalue weighted by Crippen LogP contribution is 2.34. The second-order valence-corrected chi connectivity index (χ2v) is 4.73. The Kier molecular flexibility index (Phi) is 3.95. The van der Waals surface area contributed by atoms with Crippen molar-refractivity contribution in [1.29, 1.82) is 0 Å². The predicted molar refractivity (Wildman–Crippen MR) is 70.5 cm³/mol. The van der Waals surface area contributed by atoms with Gasteiger partial charge in [-0.25, -0.2) is 4.39 Å². The van der Waals surface area contributed by atoms with E-state index >= 15 is 0 Å². The molecular weight excluding hydrogens is 299 g/mol. The first-order valence-corrected chi connectivity index (χ1v) is 6.06. The maximum Gasteiger partial charge on any atom is 0.239 e. The lowest BCUT2D eigenvalue weighted by molar-refractivity contribution is 0.455. The minimum absolute atomic E-state index is 0.0742. The highest BCUT2D eigenvalue weighted by atomic mass is 35.5. The van der Waals surface area contributed by atoms with E-state index in [9.17, 15) is 4.39 Å². The molecule has 0 fully saturated rings. The van der Waals surface area contributed by atoms with Crippen LogP contribution in [0.2, 0.25) is 15.2 Å². The van der Waals surface area contributed by atoms with E-state index in [1.54, 1.807) is 13.0 Å². The summed E-state index contributed by atoms with van der Waals surface area (Å²) in [6.45, 7) is 1.78. The van der Waals surface area contributed by atoms with Crippen molar-refractivity contribution in [2.24, 2.45) is 0 Å². The molecule has 94 valence electrons. The Morgan fingerprint density at radius 2 is 1.83 bits per heavy atom. The Balaban J connectivity index is 2.40. The van der Waals surface area contributed by atoms with Gasteiger partial charge in [-0.05, 0) is 24.6 Å². The van der Waals surface area contributed by atoms with Gasteiger partial charge in [-0.2, -0.15) is 4.98 Å². The van der Waals surface area contributed by atoms with Gasteiger partial charge in [-0.1, -0.05) is 40.9 Å². The Bertz CT molecular complexity index is 604. The quantitative estimate of drug-likeness (QED) is 0.704. The van der Waals surface area contributed by atoms with Gasteiger partial charge in [-0.3, -0.25) is 0 Å². The number of rotatable bonds is 2. The van der Waals surface area contributed by atoms with Crippen LogP contribution in [-0.2, 0) is 0 Å². The van der Waals surface area contributed by atoms with Crippen molar-refractivity contribution < 1.29 is 9.13 Å². The molecule has 2 rings (SSSR count). The molecule has 1 aromatic heterocycles. The summed E-state index contributed by atoms with van der Waals surface area (Å²) in [7, 11) is 0. The molecule has 0 aliphatic rings. The number of aromatic nitrogens is 1. The van der Waals surface area contributed by atoms with E-state index in [2.05, 4.69) is 4.98 Å². The van der Waals surface area contributed by atoms with E-state index in [0.717, 1.165) is 5.56 Å². The van der Waals surface area contributed by atoms with Gasteiger partial charge in [-0.15, -0.1) is 0 Å². The molecule has 1 aromatic carbocycles. The molecule has 0 bridgehead atoms. The Morgan fingerprint density at radius 3 is 2.56 bits per heavy atom. The largest absolute Gasteiger partial charge is 0.437 e. The molecule has 0 radical (unpaired) electrons. The number of nitrogens with zero attached hydrogens (tertiary/aromatic N) is 1. The minimum Gasteiger partial charge on any atom is -0.437 e. The van der Waals surface area contributed by atoms with Crippen molar-refractivity contribution in [3.8, 4) is 11.6 Å². The Hall–Kier alpha value is -1.03. The van der Waals surface area contributed by atoms with Gasteiger partial charge in [0, 0.05) is 6.07 Å². The second kappa shape index (κ2) is 5.31. The maximum atomic E-state index is 13.1. The summed E-state index contributed by atoms with van der Waals surface area (Å²) in [5, 5.41) is 0.503. The van der Waals surface area contributed by atoms with Gasteiger partial charge in [0.05, 0.1) is 5.02 Å². The lowest BCUT2D eigenvalue weighted by atomic mass is 10.2. The van der Waals surface area contributed by atoms with E-state index in [0.29, 0.717) is 5.75 Å². The predicted octanol–water partition coefficient (Wildman–Crippen LogP) is 5.28. The molecule has 0 N–H and O–H groups in total. The molecule has 0 atom stereocenters. The summed E-state index contributed by atoms with van der Waals surface area (Å²) >= 11 is 17.4. The van der Waals surface area contributed by atoms with E-state index in [1.807, 2.05) is 0 Å². The van der Waals surface area contributed by atoms with Crippen molar-refractivity contribution in [2.45, 2.75) is 6.92 Å². The third kappa shape index (κ3) is 2.86. The normalized spacial score (nSPS) is 10.5. The summed E-state index contributed by atoms with van der Waals surface area (Å²) < 4.78 is 18.5. The second-order valence-electron chi connectivity index (χ2n) is 3.56. The van der Waals surface area contributed by atoms with Crippen molar-refractivity contribution in [2.75, 3.05) is 0 Å². The molecule has 2 aromatic rings. The van der Waals surface area contributed by atoms with Gasteiger partial charge in [0.15, 0.2) is 5.15 Å². The van der Waals surface area contributed by atoms with Crippen LogP contribution >= 0.6 is 34.8 Å². The van der Waals surface area contributed by atoms with Crippen LogP contribution in [0, 0.1) is 12.7 Å². The van der Waals surface area contributed by atoms with Crippen molar-refractivity contribution in [3.05, 3.63) is 50.8 Å². The van der Waals surface area contributed by atoms with Crippen LogP contribution in [0.15, 0.2) is 24.3 Å². The molecule has 6 heteroatoms. The van der Waals surface area contributed by atoms with E-state index < -0.39 is 5.82 Å². The minimum atomic E-state index is -0.410. The van der Waals surface area contributed by atoms with Gasteiger partial charge < -0.3 is 4.74 Å². The lowest BCUT2D eigenvalue weighted by Crippen LogP contribution is -1.93. The molecule has 0 amide bonds. The van der Waals surface area contributed by atoms with Gasteiger partial charge in [0.1, 0.15) is 16.6 Å². The fraction of sp³-hybridized carbons (Fsp3) is 0.0833. The monoisotopic (exact) mass is 305 g/mol. The molecule has 18 heavy (non-hydrogen) atoms. The summed E-state index contributed by atoms with van der Waals surface area (Å²) in [5.41, 5.74) is 0.750. The fourth-order valence-corrected chi connectivity index (χ4v) is 1.82. The first kappa shape index (κ1) is 13.4. The summed E-state index contributed by atoms with van der Waals surface area (Å²) in [6, 6.07) is 5.60. The van der Waals surface area contributed by atoms with Crippen LogP contribution in [0.25, 0.3) is 0 Å². The standard InChI is InChI=1S/C12H7Cl3FNO/c1-6-2-3-7(16)4-10(6)18-12-9(14)5-8(13)11(15)17-12/h2-5H,1H3. The highest BCUT2D eigenvalue weighted by Gasteiger charge is 2.11. The number of hydrogen-bond acceptors (Lipinski definition) is 2. The Morgan fingerprint density at radius 1 is 1.11 bits per heavy atom. The Labute approximate surface area is 118 Å². The molecule has 0 spiro atoms. The zero-order valence-electron chi connectivity index (χ0n) is 9.18. The summed E-state index contributed by atoms with van der Waals surface area (Å²) in [6.07, 6.45) is 0. The third-order valence-electron chi connectivity index (χ3n) is 2.21. The smallest absolute Gasteiger partial charge is 0.239 e. The number of ether oxygens (including phenoxy) is 1. The van der Waals surface area contributed by atoms with E-state index in [1.165, 1.54) is 18.2 Å². The first-order valence-electron chi connectivity index (χ1n) is 4.93. The van der Waals surface area contributed by atoms with Crippen LogP contribution in [-0.4, -0.2) is 4.98 Å². The third-order valence-corrected chi connectivity index (χ3v) is 3.16. The van der Waals surface area contributed by atoms with Crippen molar-refractivity contribution in [3.63, 3.8) is 0 Å². The van der Waals surface area contributed by atoms with Gasteiger partial charge >= 0.3 is 0 Å². The molecule has 0 saturated heterocycles. The zero-order valence-corrected chi connectivity index (χ0v) is 11.4. The molecule has 0 aliphatic carbocycles. The van der Waals surface area contributed by atoms with Crippen molar-refractivity contribution in [1.82, 2.24) is 4.98 Å². The average molecular weight is 307 g/mol. The van der Waals surface area contributed by atoms with Crippen LogP contribution in [0.4, 0.5) is 4.39 Å². The van der Waals surface area contributed by atoms with Crippen molar-refractivity contribution >= 4 is 34.8 Å². The van der Waals surface area contributed by atoms with Crippen LogP contribution in [0.5, 0.6) is 11.6 Å². The van der Waals surface area contributed by atoms with Crippen LogP contribution < -0.4 is 4.74 Å². The number of halogens is 4. The molecule has 0 saturated carbocycles. The molecule has 1 heterocycles. The topological polar surface area (TPSA) is 22.1 Å². The summed E-state index contributed by atoms with van der Waals surface area (Å²) in [5.74, 6) is -0.00524. The van der Waals surface area contributed by atoms with E-state index in [-0.39, 0.29) is 21.1 Å². The van der Waals surface area contributed by atoms with Gasteiger partial charge in [0.2, 0.25) is 5.88 Å². The average Bonchev–Trinajstić information content (AvgIpc) is 2.30. The zero-order chi connectivity index (χ0) is 13.3.